The van der Waals surface area contributed by atoms with Crippen LogP contribution in [0.2, 0.25) is 0 Å². The normalized spacial score (nSPS) is 29.8. The molecule has 5 atom stereocenters. The minimum Gasteiger partial charge on any atom is -0.389 e. The van der Waals surface area contributed by atoms with Crippen molar-refractivity contribution in [2.45, 2.75) is 44.7 Å². The monoisotopic (exact) mass is 356 g/mol. The Morgan fingerprint density at radius 3 is 2.79 bits per heavy atom. The second kappa shape index (κ2) is 8.90. The molecule has 7 heteroatoms. The van der Waals surface area contributed by atoms with Crippen LogP contribution >= 0.6 is 7.82 Å². The van der Waals surface area contributed by atoms with E-state index in [2.05, 4.69) is 6.58 Å². The molecule has 1 aromatic rings. The van der Waals surface area contributed by atoms with Crippen LogP contribution in [0.5, 0.6) is 0 Å². The van der Waals surface area contributed by atoms with E-state index in [0.717, 1.165) is 5.56 Å². The van der Waals surface area contributed by atoms with Gasteiger partial charge in [-0.2, -0.15) is 0 Å². The Morgan fingerprint density at radius 2 is 2.12 bits per heavy atom. The zero-order valence-corrected chi connectivity index (χ0v) is 14.7. The summed E-state index contributed by atoms with van der Waals surface area (Å²) in [6.07, 6.45) is 0.217. The van der Waals surface area contributed by atoms with E-state index in [1.807, 2.05) is 37.3 Å². The first-order chi connectivity index (χ1) is 11.4. The van der Waals surface area contributed by atoms with Gasteiger partial charge in [0, 0.05) is 18.8 Å². The second-order valence-electron chi connectivity index (χ2n) is 6.09. The molecule has 1 saturated heterocycles. The van der Waals surface area contributed by atoms with Crippen LogP contribution in [-0.4, -0.2) is 34.9 Å². The van der Waals surface area contributed by atoms with E-state index in [9.17, 15) is 14.6 Å². The number of aliphatic hydroxyl groups excluding tert-OH is 1. The topological polar surface area (TPSA) is 85.2 Å². The summed E-state index contributed by atoms with van der Waals surface area (Å²) in [6, 6.07) is 9.79. The van der Waals surface area contributed by atoms with Gasteiger partial charge in [-0.05, 0) is 5.56 Å². The molecule has 0 spiro atoms. The second-order valence-corrected chi connectivity index (χ2v) is 7.45. The van der Waals surface area contributed by atoms with Gasteiger partial charge >= 0.3 is 7.82 Å². The smallest absolute Gasteiger partial charge is 0.389 e. The van der Waals surface area contributed by atoms with Crippen molar-refractivity contribution < 1.29 is 28.3 Å². The quantitative estimate of drug-likeness (QED) is 0.550. The Kier molecular flexibility index (Phi) is 7.16. The fourth-order valence-electron chi connectivity index (χ4n) is 2.61. The van der Waals surface area contributed by atoms with E-state index in [1.54, 1.807) is 0 Å². The molecule has 1 fully saturated rings. The number of hydrogen-bond donors (Lipinski definition) is 2. The van der Waals surface area contributed by atoms with Crippen LogP contribution in [-0.2, 0) is 25.0 Å². The van der Waals surface area contributed by atoms with Crippen molar-refractivity contribution in [1.29, 1.82) is 0 Å². The number of phosphoric acid groups is 1. The highest BCUT2D eigenvalue weighted by Crippen LogP contribution is 2.52. The Bertz CT molecular complexity index is 563. The summed E-state index contributed by atoms with van der Waals surface area (Å²) in [4.78, 5) is 9.72. The van der Waals surface area contributed by atoms with Crippen LogP contribution < -0.4 is 0 Å². The van der Waals surface area contributed by atoms with Gasteiger partial charge in [0.25, 0.3) is 0 Å². The van der Waals surface area contributed by atoms with Crippen LogP contribution in [0.1, 0.15) is 25.3 Å². The number of aliphatic hydroxyl groups is 1. The number of hydrogen-bond acceptors (Lipinski definition) is 5. The highest BCUT2D eigenvalue weighted by Gasteiger charge is 2.40. The third kappa shape index (κ3) is 6.13. The molecule has 0 aromatic heterocycles. The molecule has 0 amide bonds. The lowest BCUT2D eigenvalue weighted by Gasteiger charge is -2.35. The van der Waals surface area contributed by atoms with E-state index >= 15 is 0 Å². The maximum absolute atomic E-state index is 11.9. The summed E-state index contributed by atoms with van der Waals surface area (Å²) in [5.41, 5.74) is 1.07. The van der Waals surface area contributed by atoms with Crippen LogP contribution in [0.3, 0.4) is 0 Å². The molecule has 1 heterocycles. The Labute approximate surface area is 142 Å². The van der Waals surface area contributed by atoms with Crippen molar-refractivity contribution in [1.82, 2.24) is 0 Å². The summed E-state index contributed by atoms with van der Waals surface area (Å²) in [6.45, 7) is 6.28. The maximum Gasteiger partial charge on any atom is 0.472 e. The molecule has 0 bridgehead atoms. The molecule has 0 aliphatic carbocycles. The highest BCUT2D eigenvalue weighted by molar-refractivity contribution is 7.47. The molecule has 1 aromatic carbocycles. The Hall–Kier alpha value is -1.01. The molecular formula is C17H25O6P. The van der Waals surface area contributed by atoms with Gasteiger partial charge in [0.15, 0.2) is 0 Å². The van der Waals surface area contributed by atoms with Crippen LogP contribution in [0, 0.1) is 5.92 Å². The van der Waals surface area contributed by atoms with Gasteiger partial charge in [-0.15, -0.1) is 6.58 Å². The van der Waals surface area contributed by atoms with Crippen molar-refractivity contribution in [2.24, 2.45) is 5.92 Å². The van der Waals surface area contributed by atoms with Crippen molar-refractivity contribution >= 4 is 7.82 Å². The molecule has 0 radical (unpaired) electrons. The van der Waals surface area contributed by atoms with Gasteiger partial charge in [0.1, 0.15) is 0 Å². The molecule has 1 aliphatic rings. The SMILES string of the molecule is C=C[C@@H](O)C[C@H]1C[C@@H]([C@@H](C)COCc2ccccc2)OP(=O)(O)O1. The fraction of sp³-hybridized carbons (Fsp3) is 0.529. The van der Waals surface area contributed by atoms with E-state index in [-0.39, 0.29) is 12.3 Å². The summed E-state index contributed by atoms with van der Waals surface area (Å²) >= 11 is 0. The number of ether oxygens (including phenoxy) is 1. The third-order valence-electron chi connectivity index (χ3n) is 3.95. The minimum atomic E-state index is -4.11. The van der Waals surface area contributed by atoms with Crippen LogP contribution in [0.25, 0.3) is 0 Å². The Balaban J connectivity index is 1.86. The van der Waals surface area contributed by atoms with E-state index in [0.29, 0.717) is 19.6 Å². The molecule has 6 nitrogen and oxygen atoms in total. The third-order valence-corrected chi connectivity index (χ3v) is 5.05. The molecule has 1 aliphatic heterocycles. The summed E-state index contributed by atoms with van der Waals surface area (Å²) in [7, 11) is -4.11. The summed E-state index contributed by atoms with van der Waals surface area (Å²) < 4.78 is 27.8. The van der Waals surface area contributed by atoms with Crippen molar-refractivity contribution in [3.05, 3.63) is 48.6 Å². The van der Waals surface area contributed by atoms with Gasteiger partial charge < -0.3 is 14.7 Å². The largest absolute Gasteiger partial charge is 0.472 e. The average molecular weight is 356 g/mol. The number of rotatable bonds is 8. The Morgan fingerprint density at radius 1 is 1.42 bits per heavy atom. The lowest BCUT2D eigenvalue weighted by Crippen LogP contribution is -2.35. The molecule has 2 N–H and O–H groups in total. The standard InChI is InChI=1S/C17H25O6P/c1-3-15(18)9-16-10-17(23-24(19,20)22-16)13(2)11-21-12-14-7-5-4-6-8-14/h3-8,13,15-18H,1,9-12H2,2H3,(H,19,20)/t13-,15+,16-,17-/m0/s1. The molecular weight excluding hydrogens is 331 g/mol. The molecule has 134 valence electrons. The first-order valence-electron chi connectivity index (χ1n) is 8.01. The van der Waals surface area contributed by atoms with Crippen LogP contribution in [0.4, 0.5) is 0 Å². The van der Waals surface area contributed by atoms with E-state index in [1.165, 1.54) is 6.08 Å². The predicted molar refractivity (Wildman–Crippen MR) is 90.3 cm³/mol. The minimum absolute atomic E-state index is 0.0820. The summed E-state index contributed by atoms with van der Waals surface area (Å²) in [5.74, 6) is -0.0820. The lowest BCUT2D eigenvalue weighted by atomic mass is 9.97. The van der Waals surface area contributed by atoms with Gasteiger partial charge in [0.2, 0.25) is 0 Å². The lowest BCUT2D eigenvalue weighted by molar-refractivity contribution is -0.0474. The van der Waals surface area contributed by atoms with E-state index in [4.69, 9.17) is 13.8 Å². The van der Waals surface area contributed by atoms with Crippen molar-refractivity contribution in [3.8, 4) is 0 Å². The number of benzene rings is 1. The molecule has 0 saturated carbocycles. The zero-order valence-electron chi connectivity index (χ0n) is 13.8. The summed E-state index contributed by atoms with van der Waals surface area (Å²) in [5, 5.41) is 9.64. The van der Waals surface area contributed by atoms with Crippen molar-refractivity contribution in [3.63, 3.8) is 0 Å². The predicted octanol–water partition coefficient (Wildman–Crippen LogP) is 3.05. The number of phosphoric ester groups is 1. The van der Waals surface area contributed by atoms with Crippen LogP contribution in [0.15, 0.2) is 43.0 Å². The van der Waals surface area contributed by atoms with Gasteiger partial charge in [0.05, 0.1) is 31.5 Å². The first kappa shape index (κ1) is 19.3. The molecule has 24 heavy (non-hydrogen) atoms. The average Bonchev–Trinajstić information content (AvgIpc) is 2.54. The van der Waals surface area contributed by atoms with E-state index < -0.39 is 26.1 Å². The first-order valence-corrected chi connectivity index (χ1v) is 9.51. The van der Waals surface area contributed by atoms with Crippen molar-refractivity contribution in [2.75, 3.05) is 6.61 Å². The zero-order chi connectivity index (χ0) is 17.6. The molecule has 2 rings (SSSR count). The maximum atomic E-state index is 11.9. The van der Waals surface area contributed by atoms with Gasteiger partial charge in [-0.1, -0.05) is 43.3 Å². The van der Waals surface area contributed by atoms with Gasteiger partial charge in [-0.3, -0.25) is 9.05 Å². The highest BCUT2D eigenvalue weighted by atomic mass is 31.2. The molecule has 1 unspecified atom stereocenters. The fourth-order valence-corrected chi connectivity index (χ4v) is 3.85. The van der Waals surface area contributed by atoms with Gasteiger partial charge in [-0.25, -0.2) is 4.57 Å².